The van der Waals surface area contributed by atoms with E-state index >= 15 is 0 Å². The molecule has 1 aromatic carbocycles. The van der Waals surface area contributed by atoms with E-state index in [0.29, 0.717) is 6.04 Å². The van der Waals surface area contributed by atoms with Crippen molar-refractivity contribution in [3.8, 4) is 0 Å². The summed E-state index contributed by atoms with van der Waals surface area (Å²) < 4.78 is 14.1. The molecule has 0 saturated carbocycles. The number of halogens is 1. The normalized spacial score (nSPS) is 11.0. The Kier molecular flexibility index (Phi) is 6.13. The first kappa shape index (κ1) is 15.0. The highest BCUT2D eigenvalue weighted by Gasteiger charge is 2.17. The lowest BCUT2D eigenvalue weighted by Gasteiger charge is -2.31. The lowest BCUT2D eigenvalue weighted by molar-refractivity contribution is 0.589. The van der Waals surface area contributed by atoms with Gasteiger partial charge >= 0.3 is 0 Å². The summed E-state index contributed by atoms with van der Waals surface area (Å²) in [5.41, 5.74) is 1.80. The minimum Gasteiger partial charge on any atom is -0.366 e. The van der Waals surface area contributed by atoms with E-state index in [0.717, 1.165) is 37.3 Å². The number of nitrogens with zero attached hydrogens (tertiary/aromatic N) is 1. The predicted octanol–water partition coefficient (Wildman–Crippen LogP) is 3.56. The van der Waals surface area contributed by atoms with Gasteiger partial charge in [0.2, 0.25) is 0 Å². The van der Waals surface area contributed by atoms with Crippen LogP contribution in [0.5, 0.6) is 0 Å². The summed E-state index contributed by atoms with van der Waals surface area (Å²) in [4.78, 5) is 2.15. The molecular weight excluding hydrogens is 227 g/mol. The summed E-state index contributed by atoms with van der Waals surface area (Å²) in [7, 11) is 0. The van der Waals surface area contributed by atoms with Gasteiger partial charge in [0.15, 0.2) is 0 Å². The number of rotatable bonds is 7. The highest BCUT2D eigenvalue weighted by atomic mass is 19.1. The van der Waals surface area contributed by atoms with Gasteiger partial charge < -0.3 is 10.2 Å². The Bertz CT molecular complexity index is 364. The summed E-state index contributed by atoms with van der Waals surface area (Å²) in [5.74, 6) is -0.118. The van der Waals surface area contributed by atoms with Crippen LogP contribution >= 0.6 is 0 Å². The van der Waals surface area contributed by atoms with Crippen LogP contribution in [0.15, 0.2) is 18.2 Å². The molecule has 0 aliphatic carbocycles. The van der Waals surface area contributed by atoms with Crippen LogP contribution in [0.2, 0.25) is 0 Å². The van der Waals surface area contributed by atoms with E-state index in [4.69, 9.17) is 0 Å². The molecule has 0 aliphatic heterocycles. The molecule has 0 unspecified atom stereocenters. The standard InChI is InChI=1S/C15H25FN2/c1-5-10-18(12(3)4)15-13(11-17-6-2)8-7-9-14(15)16/h7-9,12,17H,5-6,10-11H2,1-4H3. The Labute approximate surface area is 110 Å². The molecule has 0 aromatic heterocycles. The third kappa shape index (κ3) is 3.70. The molecule has 0 aliphatic rings. The molecule has 0 atom stereocenters. The van der Waals surface area contributed by atoms with Crippen LogP contribution in [-0.4, -0.2) is 19.1 Å². The largest absolute Gasteiger partial charge is 0.366 e. The SMILES string of the molecule is CCCN(c1c(F)cccc1CNCC)C(C)C. The highest BCUT2D eigenvalue weighted by molar-refractivity contribution is 5.55. The Morgan fingerprint density at radius 3 is 2.56 bits per heavy atom. The molecule has 102 valence electrons. The van der Waals surface area contributed by atoms with E-state index in [1.54, 1.807) is 12.1 Å². The van der Waals surface area contributed by atoms with Gasteiger partial charge in [-0.15, -0.1) is 0 Å². The monoisotopic (exact) mass is 252 g/mol. The van der Waals surface area contributed by atoms with Gasteiger partial charge in [0.25, 0.3) is 0 Å². The van der Waals surface area contributed by atoms with Crippen LogP contribution in [0.3, 0.4) is 0 Å². The van der Waals surface area contributed by atoms with E-state index in [-0.39, 0.29) is 5.82 Å². The molecule has 3 heteroatoms. The fourth-order valence-electron chi connectivity index (χ4n) is 2.15. The van der Waals surface area contributed by atoms with Gasteiger partial charge in [0.1, 0.15) is 5.82 Å². The number of hydrogen-bond donors (Lipinski definition) is 1. The van der Waals surface area contributed by atoms with Gasteiger partial charge in [0, 0.05) is 19.1 Å². The molecule has 0 amide bonds. The van der Waals surface area contributed by atoms with Crippen LogP contribution < -0.4 is 10.2 Å². The average Bonchev–Trinajstić information content (AvgIpc) is 2.34. The molecule has 0 radical (unpaired) electrons. The lowest BCUT2D eigenvalue weighted by Crippen LogP contribution is -2.33. The molecule has 0 fully saturated rings. The van der Waals surface area contributed by atoms with Gasteiger partial charge in [-0.2, -0.15) is 0 Å². The van der Waals surface area contributed by atoms with Crippen LogP contribution in [0.1, 0.15) is 39.7 Å². The summed E-state index contributed by atoms with van der Waals surface area (Å²) in [5, 5.41) is 3.27. The maximum Gasteiger partial charge on any atom is 0.146 e. The van der Waals surface area contributed by atoms with Gasteiger partial charge in [-0.25, -0.2) is 4.39 Å². The summed E-state index contributed by atoms with van der Waals surface area (Å²) >= 11 is 0. The van der Waals surface area contributed by atoms with Crippen LogP contribution in [0.25, 0.3) is 0 Å². The smallest absolute Gasteiger partial charge is 0.146 e. The van der Waals surface area contributed by atoms with E-state index in [2.05, 4.69) is 37.9 Å². The van der Waals surface area contributed by atoms with Crippen molar-refractivity contribution < 1.29 is 4.39 Å². The van der Waals surface area contributed by atoms with E-state index in [1.165, 1.54) is 0 Å². The predicted molar refractivity (Wildman–Crippen MR) is 76.6 cm³/mol. The first-order chi connectivity index (χ1) is 8.61. The number of para-hydroxylation sites is 1. The van der Waals surface area contributed by atoms with Crippen LogP contribution in [0.4, 0.5) is 10.1 Å². The molecular formula is C15H25FN2. The zero-order chi connectivity index (χ0) is 13.5. The Morgan fingerprint density at radius 2 is 2.00 bits per heavy atom. The summed E-state index contributed by atoms with van der Waals surface area (Å²) in [6, 6.07) is 5.65. The zero-order valence-corrected chi connectivity index (χ0v) is 12.0. The van der Waals surface area contributed by atoms with Gasteiger partial charge in [-0.05, 0) is 38.4 Å². The third-order valence-electron chi connectivity index (χ3n) is 3.01. The summed E-state index contributed by atoms with van der Waals surface area (Å²) in [6.45, 7) is 10.9. The first-order valence-electron chi connectivity index (χ1n) is 6.86. The molecule has 1 N–H and O–H groups in total. The second-order valence-corrected chi connectivity index (χ2v) is 4.82. The maximum absolute atomic E-state index is 14.1. The van der Waals surface area contributed by atoms with Gasteiger partial charge in [-0.3, -0.25) is 0 Å². The van der Waals surface area contributed by atoms with Crippen molar-refractivity contribution in [2.24, 2.45) is 0 Å². The van der Waals surface area contributed by atoms with Gasteiger partial charge in [0.05, 0.1) is 5.69 Å². The molecule has 0 heterocycles. The third-order valence-corrected chi connectivity index (χ3v) is 3.01. The fraction of sp³-hybridized carbons (Fsp3) is 0.600. The average molecular weight is 252 g/mol. The second-order valence-electron chi connectivity index (χ2n) is 4.82. The van der Waals surface area contributed by atoms with Crippen molar-refractivity contribution in [3.63, 3.8) is 0 Å². The number of nitrogens with one attached hydrogen (secondary N) is 1. The van der Waals surface area contributed by atoms with Gasteiger partial charge in [-0.1, -0.05) is 26.0 Å². The van der Waals surface area contributed by atoms with Crippen molar-refractivity contribution >= 4 is 5.69 Å². The van der Waals surface area contributed by atoms with E-state index in [9.17, 15) is 4.39 Å². The minimum absolute atomic E-state index is 0.118. The molecule has 0 spiro atoms. The van der Waals surface area contributed by atoms with Crippen molar-refractivity contribution in [2.45, 2.75) is 46.7 Å². The second kappa shape index (κ2) is 7.37. The van der Waals surface area contributed by atoms with Crippen LogP contribution in [-0.2, 0) is 6.54 Å². The Morgan fingerprint density at radius 1 is 1.28 bits per heavy atom. The van der Waals surface area contributed by atoms with Crippen molar-refractivity contribution in [3.05, 3.63) is 29.6 Å². The van der Waals surface area contributed by atoms with E-state index < -0.39 is 0 Å². The first-order valence-corrected chi connectivity index (χ1v) is 6.86. The molecule has 0 bridgehead atoms. The zero-order valence-electron chi connectivity index (χ0n) is 12.0. The molecule has 1 rings (SSSR count). The van der Waals surface area contributed by atoms with E-state index in [1.807, 2.05) is 6.07 Å². The quantitative estimate of drug-likeness (QED) is 0.798. The van der Waals surface area contributed by atoms with Crippen molar-refractivity contribution in [2.75, 3.05) is 18.0 Å². The Hall–Kier alpha value is -1.09. The number of hydrogen-bond acceptors (Lipinski definition) is 2. The highest BCUT2D eigenvalue weighted by Crippen LogP contribution is 2.26. The maximum atomic E-state index is 14.1. The fourth-order valence-corrected chi connectivity index (χ4v) is 2.15. The minimum atomic E-state index is -0.118. The summed E-state index contributed by atoms with van der Waals surface area (Å²) in [6.07, 6.45) is 1.02. The number of benzene rings is 1. The number of anilines is 1. The van der Waals surface area contributed by atoms with Crippen molar-refractivity contribution in [1.29, 1.82) is 0 Å². The lowest BCUT2D eigenvalue weighted by atomic mass is 10.1. The molecule has 2 nitrogen and oxygen atoms in total. The molecule has 0 saturated heterocycles. The Balaban J connectivity index is 3.09. The molecule has 18 heavy (non-hydrogen) atoms. The molecule has 1 aromatic rings. The van der Waals surface area contributed by atoms with Crippen LogP contribution in [0, 0.1) is 5.82 Å². The van der Waals surface area contributed by atoms with Crippen molar-refractivity contribution in [1.82, 2.24) is 5.32 Å². The topological polar surface area (TPSA) is 15.3 Å².